The highest BCUT2D eigenvalue weighted by atomic mass is 15.0. The van der Waals surface area contributed by atoms with Crippen molar-refractivity contribution < 1.29 is 0 Å². The van der Waals surface area contributed by atoms with Gasteiger partial charge >= 0.3 is 0 Å². The van der Waals surface area contributed by atoms with Crippen LogP contribution in [0.5, 0.6) is 0 Å². The Morgan fingerprint density at radius 2 is 2.00 bits per heavy atom. The van der Waals surface area contributed by atoms with E-state index in [-0.39, 0.29) is 0 Å². The van der Waals surface area contributed by atoms with Crippen LogP contribution in [0.25, 0.3) is 0 Å². The average Bonchev–Trinajstić information content (AvgIpc) is 2.21. The van der Waals surface area contributed by atoms with E-state index < -0.39 is 0 Å². The van der Waals surface area contributed by atoms with E-state index in [1.165, 1.54) is 12.7 Å². The number of hydrogen-bond acceptors (Lipinski definition) is 3. The van der Waals surface area contributed by atoms with Crippen molar-refractivity contribution in [1.29, 1.82) is 0 Å². The third-order valence-corrected chi connectivity index (χ3v) is 0.813. The summed E-state index contributed by atoms with van der Waals surface area (Å²) in [6.07, 6.45) is 3.02. The van der Waals surface area contributed by atoms with E-state index in [1.54, 1.807) is 0 Å². The minimum Gasteiger partial charge on any atom is -0.267 e. The third kappa shape index (κ3) is 3.95. The zero-order valence-corrected chi connectivity index (χ0v) is 6.70. The van der Waals surface area contributed by atoms with Crippen molar-refractivity contribution in [2.24, 2.45) is 15.0 Å². The van der Waals surface area contributed by atoms with Crippen LogP contribution >= 0.6 is 0 Å². The molecule has 10 heavy (non-hydrogen) atoms. The van der Waals surface area contributed by atoms with Crippen LogP contribution in [0.4, 0.5) is 0 Å². The Labute approximate surface area is 61.6 Å². The molecular weight excluding hydrogens is 126 g/mol. The zero-order chi connectivity index (χ0) is 7.82. The number of nitrogens with zero attached hydrogens (tertiary/aromatic N) is 3. The van der Waals surface area contributed by atoms with Crippen molar-refractivity contribution >= 4 is 18.4 Å². The molecule has 0 N–H and O–H groups in total. The van der Waals surface area contributed by atoms with Gasteiger partial charge in [-0.25, -0.2) is 9.98 Å². The monoisotopic (exact) mass is 139 g/mol. The SMILES string of the molecule is CC.CC1=NC=NC=NC1. The Kier molecular flexibility index (Phi) is 5.53. The fourth-order valence-corrected chi connectivity index (χ4v) is 0.423. The summed E-state index contributed by atoms with van der Waals surface area (Å²) in [6, 6.07) is 0. The van der Waals surface area contributed by atoms with E-state index in [0.717, 1.165) is 5.71 Å². The van der Waals surface area contributed by atoms with Crippen LogP contribution in [0.15, 0.2) is 15.0 Å². The molecule has 1 aliphatic rings. The van der Waals surface area contributed by atoms with E-state index in [9.17, 15) is 0 Å². The van der Waals surface area contributed by atoms with Gasteiger partial charge in [0, 0.05) is 5.71 Å². The first-order valence-corrected chi connectivity index (χ1v) is 3.43. The second-order valence-corrected chi connectivity index (χ2v) is 1.59. The molecule has 0 radical (unpaired) electrons. The lowest BCUT2D eigenvalue weighted by atomic mass is 10.4. The first kappa shape index (κ1) is 9.01. The van der Waals surface area contributed by atoms with Crippen LogP contribution in [-0.4, -0.2) is 24.9 Å². The fourth-order valence-electron chi connectivity index (χ4n) is 0.423. The lowest BCUT2D eigenvalue weighted by molar-refractivity contribution is 1.30. The average molecular weight is 139 g/mol. The molecule has 3 nitrogen and oxygen atoms in total. The van der Waals surface area contributed by atoms with E-state index in [1.807, 2.05) is 20.8 Å². The Hall–Kier alpha value is -0.990. The van der Waals surface area contributed by atoms with Crippen molar-refractivity contribution in [2.45, 2.75) is 20.8 Å². The summed E-state index contributed by atoms with van der Waals surface area (Å²) in [5.41, 5.74) is 1.00. The normalized spacial score (nSPS) is 14.9. The van der Waals surface area contributed by atoms with Gasteiger partial charge in [-0.3, -0.25) is 4.99 Å². The van der Waals surface area contributed by atoms with Crippen LogP contribution in [0.1, 0.15) is 20.8 Å². The molecular formula is C7H13N3. The largest absolute Gasteiger partial charge is 0.267 e. The second-order valence-electron chi connectivity index (χ2n) is 1.59. The molecule has 0 aromatic heterocycles. The molecule has 0 aliphatic carbocycles. The van der Waals surface area contributed by atoms with Gasteiger partial charge in [-0.1, -0.05) is 13.8 Å². The summed E-state index contributed by atoms with van der Waals surface area (Å²) in [4.78, 5) is 11.5. The van der Waals surface area contributed by atoms with Crippen LogP contribution < -0.4 is 0 Å². The van der Waals surface area contributed by atoms with Gasteiger partial charge in [0.1, 0.15) is 12.7 Å². The summed E-state index contributed by atoms with van der Waals surface area (Å²) in [6.45, 7) is 6.61. The van der Waals surface area contributed by atoms with Gasteiger partial charge in [0.25, 0.3) is 0 Å². The van der Waals surface area contributed by atoms with Crippen LogP contribution in [-0.2, 0) is 0 Å². The van der Waals surface area contributed by atoms with Gasteiger partial charge in [-0.15, -0.1) is 0 Å². The van der Waals surface area contributed by atoms with Crippen molar-refractivity contribution in [2.75, 3.05) is 6.54 Å². The van der Waals surface area contributed by atoms with Gasteiger partial charge < -0.3 is 0 Å². The van der Waals surface area contributed by atoms with E-state index in [2.05, 4.69) is 15.0 Å². The van der Waals surface area contributed by atoms with E-state index in [4.69, 9.17) is 0 Å². The van der Waals surface area contributed by atoms with Crippen LogP contribution in [0, 0.1) is 0 Å². The van der Waals surface area contributed by atoms with Gasteiger partial charge in [0.2, 0.25) is 0 Å². The minimum absolute atomic E-state index is 0.681. The predicted molar refractivity (Wildman–Crippen MR) is 46.3 cm³/mol. The van der Waals surface area contributed by atoms with Gasteiger partial charge in [-0.2, -0.15) is 0 Å². The lowest BCUT2D eigenvalue weighted by Gasteiger charge is -1.84. The zero-order valence-electron chi connectivity index (χ0n) is 6.70. The third-order valence-electron chi connectivity index (χ3n) is 0.813. The second kappa shape index (κ2) is 6.13. The van der Waals surface area contributed by atoms with Crippen molar-refractivity contribution in [1.82, 2.24) is 0 Å². The highest BCUT2D eigenvalue weighted by molar-refractivity contribution is 5.93. The number of aliphatic imine (C=N–C) groups is 3. The molecule has 56 valence electrons. The van der Waals surface area contributed by atoms with Gasteiger partial charge in [0.05, 0.1) is 6.54 Å². The Balaban J connectivity index is 0.000000371. The smallest absolute Gasteiger partial charge is 0.117 e. The minimum atomic E-state index is 0.681. The predicted octanol–water partition coefficient (Wildman–Crippen LogP) is 1.54. The lowest BCUT2D eigenvalue weighted by Crippen LogP contribution is -1.93. The summed E-state index contributed by atoms with van der Waals surface area (Å²) in [5.74, 6) is 0. The molecule has 0 saturated carbocycles. The maximum absolute atomic E-state index is 3.92. The molecule has 0 aromatic rings. The number of hydrogen-bond donors (Lipinski definition) is 0. The molecule has 0 bridgehead atoms. The van der Waals surface area contributed by atoms with Crippen molar-refractivity contribution in [3.8, 4) is 0 Å². The standard InChI is InChI=1S/C5H7N3.C2H6/c1-5-2-6-3-7-4-8-5;1-2/h3-4H,2H2,1H3;1-2H3. The maximum Gasteiger partial charge on any atom is 0.117 e. The summed E-state index contributed by atoms with van der Waals surface area (Å²) >= 11 is 0. The highest BCUT2D eigenvalue weighted by Crippen LogP contribution is 1.80. The number of rotatable bonds is 0. The van der Waals surface area contributed by atoms with Gasteiger partial charge in [-0.05, 0) is 6.92 Å². The van der Waals surface area contributed by atoms with Gasteiger partial charge in [0.15, 0.2) is 0 Å². The summed E-state index contributed by atoms with van der Waals surface area (Å²) < 4.78 is 0. The molecule has 1 rings (SSSR count). The Morgan fingerprint density at radius 3 is 2.70 bits per heavy atom. The Bertz CT molecular complexity index is 156. The molecule has 0 saturated heterocycles. The van der Waals surface area contributed by atoms with E-state index in [0.29, 0.717) is 6.54 Å². The first-order chi connectivity index (χ1) is 4.89. The molecule has 0 atom stereocenters. The van der Waals surface area contributed by atoms with Crippen LogP contribution in [0.2, 0.25) is 0 Å². The summed E-state index contributed by atoms with van der Waals surface area (Å²) in [7, 11) is 0. The first-order valence-electron chi connectivity index (χ1n) is 3.43. The molecule has 3 heteroatoms. The van der Waals surface area contributed by atoms with E-state index >= 15 is 0 Å². The molecule has 0 unspecified atom stereocenters. The molecule has 0 spiro atoms. The quantitative estimate of drug-likeness (QED) is 0.488. The molecule has 1 heterocycles. The molecule has 0 amide bonds. The van der Waals surface area contributed by atoms with Crippen molar-refractivity contribution in [3.05, 3.63) is 0 Å². The maximum atomic E-state index is 3.92. The van der Waals surface area contributed by atoms with Crippen molar-refractivity contribution in [3.63, 3.8) is 0 Å². The topological polar surface area (TPSA) is 37.1 Å². The fraction of sp³-hybridized carbons (Fsp3) is 0.571. The molecule has 0 fully saturated rings. The Morgan fingerprint density at radius 1 is 1.30 bits per heavy atom. The van der Waals surface area contributed by atoms with Crippen LogP contribution in [0.3, 0.4) is 0 Å². The molecule has 0 aromatic carbocycles. The molecule has 1 aliphatic heterocycles. The summed E-state index contributed by atoms with van der Waals surface area (Å²) in [5, 5.41) is 0. The highest BCUT2D eigenvalue weighted by Gasteiger charge is 1.86.